The second-order valence-electron chi connectivity index (χ2n) is 9.80. The number of fused-ring (bicyclic) bond motifs is 1. The molecule has 0 bridgehead atoms. The van der Waals surface area contributed by atoms with Gasteiger partial charge in [-0.05, 0) is 75.4 Å². The highest BCUT2D eigenvalue weighted by molar-refractivity contribution is 6.39. The van der Waals surface area contributed by atoms with E-state index in [1.165, 1.54) is 12.1 Å². The smallest absolute Gasteiger partial charge is 0.335 e. The minimum Gasteiger partial charge on any atom is -0.366 e. The molecule has 178 valence electrons. The second-order valence-corrected chi connectivity index (χ2v) is 9.80. The molecule has 6 nitrogen and oxygen atoms in total. The first-order valence-corrected chi connectivity index (χ1v) is 11.6. The van der Waals surface area contributed by atoms with Gasteiger partial charge in [0, 0.05) is 23.3 Å². The molecule has 2 heterocycles. The molecule has 4 rings (SSSR count). The molecule has 1 fully saturated rings. The molecule has 2 aromatic carbocycles. The fourth-order valence-electron chi connectivity index (χ4n) is 5.02. The number of rotatable bonds is 4. The first-order chi connectivity index (χ1) is 16.0. The molecule has 1 saturated heterocycles. The number of aryl methyl sites for hydroxylation is 1. The average Bonchev–Trinajstić information content (AvgIpc) is 2.75. The molecule has 1 unspecified atom stereocenters. The molecule has 34 heavy (non-hydrogen) atoms. The third-order valence-electron chi connectivity index (χ3n) is 6.65. The summed E-state index contributed by atoms with van der Waals surface area (Å²) in [6, 6.07) is 9.20. The van der Waals surface area contributed by atoms with E-state index in [4.69, 9.17) is 0 Å². The Balaban J connectivity index is 1.77. The quantitative estimate of drug-likeness (QED) is 0.493. The monoisotopic (exact) mass is 463 g/mol. The van der Waals surface area contributed by atoms with E-state index in [1.807, 2.05) is 6.92 Å². The number of carbonyl (C=O) groups excluding carboxylic acids is 3. The van der Waals surface area contributed by atoms with E-state index in [-0.39, 0.29) is 22.6 Å². The molecule has 4 amide bonds. The Morgan fingerprint density at radius 3 is 2.47 bits per heavy atom. The first kappa shape index (κ1) is 23.7. The van der Waals surface area contributed by atoms with Gasteiger partial charge in [-0.3, -0.25) is 14.9 Å². The van der Waals surface area contributed by atoms with Gasteiger partial charge < -0.3 is 4.90 Å². The molecular formula is C27H30FN3O3. The number of anilines is 2. The molecule has 0 spiro atoms. The van der Waals surface area contributed by atoms with Crippen LogP contribution in [0.25, 0.3) is 6.08 Å². The number of nitrogens with zero attached hydrogens (tertiary/aromatic N) is 2. The van der Waals surface area contributed by atoms with Gasteiger partial charge in [-0.25, -0.2) is 14.1 Å². The summed E-state index contributed by atoms with van der Waals surface area (Å²) in [5.41, 5.74) is 2.89. The Kier molecular flexibility index (Phi) is 6.06. The van der Waals surface area contributed by atoms with Crippen molar-refractivity contribution in [1.82, 2.24) is 5.32 Å². The van der Waals surface area contributed by atoms with Crippen molar-refractivity contribution in [3.05, 3.63) is 64.5 Å². The number of carbonyl (C=O) groups is 3. The van der Waals surface area contributed by atoms with Crippen LogP contribution in [-0.4, -0.2) is 29.9 Å². The zero-order chi connectivity index (χ0) is 24.8. The van der Waals surface area contributed by atoms with Crippen molar-refractivity contribution in [2.24, 2.45) is 0 Å². The highest BCUT2D eigenvalue weighted by atomic mass is 19.1. The fraction of sp³-hybridized carbons (Fsp3) is 0.370. The maximum absolute atomic E-state index is 15.3. The Morgan fingerprint density at radius 2 is 1.82 bits per heavy atom. The average molecular weight is 464 g/mol. The van der Waals surface area contributed by atoms with E-state index in [9.17, 15) is 14.4 Å². The number of benzene rings is 2. The van der Waals surface area contributed by atoms with Gasteiger partial charge in [0.1, 0.15) is 11.4 Å². The summed E-state index contributed by atoms with van der Waals surface area (Å²) >= 11 is 0. The topological polar surface area (TPSA) is 69.7 Å². The summed E-state index contributed by atoms with van der Waals surface area (Å²) < 4.78 is 15.3. The first-order valence-electron chi connectivity index (χ1n) is 11.6. The Bertz CT molecular complexity index is 1200. The number of imide groups is 2. The lowest BCUT2D eigenvalue weighted by molar-refractivity contribution is -0.122. The van der Waals surface area contributed by atoms with Crippen LogP contribution in [0.4, 0.5) is 20.6 Å². The van der Waals surface area contributed by atoms with Crippen molar-refractivity contribution < 1.29 is 18.8 Å². The van der Waals surface area contributed by atoms with E-state index in [2.05, 4.69) is 37.9 Å². The lowest BCUT2D eigenvalue weighted by atomic mass is 9.79. The van der Waals surface area contributed by atoms with Crippen molar-refractivity contribution in [1.29, 1.82) is 0 Å². The van der Waals surface area contributed by atoms with E-state index in [0.717, 1.165) is 41.1 Å². The molecule has 0 aromatic heterocycles. The lowest BCUT2D eigenvalue weighted by Gasteiger charge is -2.47. The van der Waals surface area contributed by atoms with Gasteiger partial charge in [-0.15, -0.1) is 0 Å². The molecule has 0 aliphatic carbocycles. The minimum atomic E-state index is -0.836. The molecular weight excluding hydrogens is 433 g/mol. The van der Waals surface area contributed by atoms with Crippen LogP contribution in [0.1, 0.15) is 63.1 Å². The number of amides is 4. The maximum atomic E-state index is 15.3. The summed E-state index contributed by atoms with van der Waals surface area (Å²) in [5, 5.41) is 2.20. The summed E-state index contributed by atoms with van der Waals surface area (Å²) in [6.07, 6.45) is 3.08. The Morgan fingerprint density at radius 1 is 1.15 bits per heavy atom. The van der Waals surface area contributed by atoms with Gasteiger partial charge in [-0.2, -0.15) is 0 Å². The SMILES string of the molecule is CCCN1c2cc(F)c(/C=C3/C(=O)NC(=O)N(c4ccc(C)cc4)C3=O)cc2C(C)CC1(C)C. The second kappa shape index (κ2) is 8.70. The summed E-state index contributed by atoms with van der Waals surface area (Å²) in [4.78, 5) is 41.3. The molecule has 2 aliphatic rings. The predicted octanol–water partition coefficient (Wildman–Crippen LogP) is 5.30. The van der Waals surface area contributed by atoms with Crippen LogP contribution in [0.2, 0.25) is 0 Å². The van der Waals surface area contributed by atoms with Crippen LogP contribution < -0.4 is 15.1 Å². The van der Waals surface area contributed by atoms with Gasteiger partial charge >= 0.3 is 6.03 Å². The van der Waals surface area contributed by atoms with E-state index in [0.29, 0.717) is 5.69 Å². The molecule has 1 N–H and O–H groups in total. The van der Waals surface area contributed by atoms with Gasteiger partial charge in [0.25, 0.3) is 11.8 Å². The van der Waals surface area contributed by atoms with E-state index < -0.39 is 23.7 Å². The third-order valence-corrected chi connectivity index (χ3v) is 6.65. The molecule has 1 atom stereocenters. The maximum Gasteiger partial charge on any atom is 0.335 e. The summed E-state index contributed by atoms with van der Waals surface area (Å²) in [6.45, 7) is 11.2. The highest BCUT2D eigenvalue weighted by Crippen LogP contribution is 2.44. The van der Waals surface area contributed by atoms with Crippen LogP contribution in [-0.2, 0) is 9.59 Å². The van der Waals surface area contributed by atoms with Gasteiger partial charge in [0.2, 0.25) is 0 Å². The molecule has 0 radical (unpaired) electrons. The van der Waals surface area contributed by atoms with Crippen molar-refractivity contribution in [3.8, 4) is 0 Å². The van der Waals surface area contributed by atoms with Gasteiger partial charge in [-0.1, -0.05) is 31.5 Å². The van der Waals surface area contributed by atoms with E-state index in [1.54, 1.807) is 30.3 Å². The highest BCUT2D eigenvalue weighted by Gasteiger charge is 2.38. The minimum absolute atomic E-state index is 0.108. The van der Waals surface area contributed by atoms with Crippen molar-refractivity contribution >= 4 is 35.3 Å². The van der Waals surface area contributed by atoms with Gasteiger partial charge in [0.05, 0.1) is 5.69 Å². The largest absolute Gasteiger partial charge is 0.366 e. The van der Waals surface area contributed by atoms with Gasteiger partial charge in [0.15, 0.2) is 0 Å². The fourth-order valence-corrected chi connectivity index (χ4v) is 5.02. The number of urea groups is 1. The standard InChI is InChI=1S/C27H30FN3O3/c1-6-11-30-23-14-22(28)18(12-20(23)17(3)15-27(30,4)5)13-21-24(32)29-26(34)31(25(21)33)19-9-7-16(2)8-10-19/h7-10,12-14,17H,6,11,15H2,1-5H3,(H,29,32,34)/b21-13-. The van der Waals surface area contributed by atoms with Crippen LogP contribution >= 0.6 is 0 Å². The summed E-state index contributed by atoms with van der Waals surface area (Å²) in [5.74, 6) is -1.96. The predicted molar refractivity (Wildman–Crippen MR) is 131 cm³/mol. The molecule has 2 aromatic rings. The number of nitrogens with one attached hydrogen (secondary N) is 1. The zero-order valence-electron chi connectivity index (χ0n) is 20.2. The van der Waals surface area contributed by atoms with Crippen LogP contribution in [0, 0.1) is 12.7 Å². The number of hydrogen-bond donors (Lipinski definition) is 1. The zero-order valence-corrected chi connectivity index (χ0v) is 20.2. The molecule has 2 aliphatic heterocycles. The number of halogens is 1. The van der Waals surface area contributed by atoms with Crippen molar-refractivity contribution in [2.75, 3.05) is 16.3 Å². The van der Waals surface area contributed by atoms with E-state index >= 15 is 4.39 Å². The lowest BCUT2D eigenvalue weighted by Crippen LogP contribution is -2.54. The van der Waals surface area contributed by atoms with Crippen molar-refractivity contribution in [2.45, 2.75) is 58.9 Å². The molecule has 0 saturated carbocycles. The number of barbiturate groups is 1. The van der Waals surface area contributed by atoms with Crippen molar-refractivity contribution in [3.63, 3.8) is 0 Å². The Labute approximate surface area is 199 Å². The Hall–Kier alpha value is -3.48. The third kappa shape index (κ3) is 4.11. The number of hydrogen-bond acceptors (Lipinski definition) is 4. The van der Waals surface area contributed by atoms with Crippen LogP contribution in [0.3, 0.4) is 0 Å². The van der Waals surface area contributed by atoms with Crippen LogP contribution in [0.15, 0.2) is 42.0 Å². The molecule has 7 heteroatoms. The van der Waals surface area contributed by atoms with Crippen LogP contribution in [0.5, 0.6) is 0 Å². The normalized spacial score (nSPS) is 21.1. The summed E-state index contributed by atoms with van der Waals surface area (Å²) in [7, 11) is 0.